The summed E-state index contributed by atoms with van der Waals surface area (Å²) in [5, 5.41) is 9.78. The molecule has 2 saturated heterocycles. The molecule has 0 spiro atoms. The summed E-state index contributed by atoms with van der Waals surface area (Å²) in [7, 11) is 0. The highest BCUT2D eigenvalue weighted by Gasteiger charge is 2.57. The third-order valence-corrected chi connectivity index (χ3v) is 4.61. The van der Waals surface area contributed by atoms with Crippen LogP contribution in [0.15, 0.2) is 23.9 Å². The van der Waals surface area contributed by atoms with E-state index in [4.69, 9.17) is 9.47 Å². The molecule has 0 unspecified atom stereocenters. The number of hydrogen-bond donors (Lipinski definition) is 1. The van der Waals surface area contributed by atoms with Gasteiger partial charge < -0.3 is 19.5 Å². The minimum atomic E-state index is -0.719. The highest BCUT2D eigenvalue weighted by Crippen LogP contribution is 2.46. The summed E-state index contributed by atoms with van der Waals surface area (Å²) in [4.78, 5) is 26.1. The topological polar surface area (TPSA) is 76.1 Å². The molecule has 3 aliphatic heterocycles. The maximum atomic E-state index is 12.3. The second kappa shape index (κ2) is 5.85. The van der Waals surface area contributed by atoms with Crippen LogP contribution in [0.5, 0.6) is 0 Å². The van der Waals surface area contributed by atoms with Crippen LogP contribution in [-0.4, -0.2) is 53.3 Å². The standard InChI is InChI=1S/C16H21NO5/c1-3-6-22-16(20)14-10(12-5-4-7-21-12)8-11-13(9(2)18)15(19)17(11)14/h3,9,11-13,18H,1,4-8H2,2H3/t9-,11-,12+,13-/m1/s1. The van der Waals surface area contributed by atoms with Crippen molar-refractivity contribution < 1.29 is 24.2 Å². The highest BCUT2D eigenvalue weighted by atomic mass is 16.5. The molecule has 0 bridgehead atoms. The summed E-state index contributed by atoms with van der Waals surface area (Å²) in [6.45, 7) is 5.91. The number of carbonyl (C=O) groups is 2. The molecule has 1 N–H and O–H groups in total. The molecule has 6 heteroatoms. The fraction of sp³-hybridized carbons (Fsp3) is 0.625. The molecule has 6 nitrogen and oxygen atoms in total. The number of aliphatic hydroxyl groups excluding tert-OH is 1. The van der Waals surface area contributed by atoms with Gasteiger partial charge in [-0.2, -0.15) is 0 Å². The molecular formula is C16H21NO5. The van der Waals surface area contributed by atoms with Crippen LogP contribution in [0.1, 0.15) is 26.2 Å². The van der Waals surface area contributed by atoms with Gasteiger partial charge in [-0.3, -0.25) is 4.79 Å². The van der Waals surface area contributed by atoms with Crippen LogP contribution in [-0.2, 0) is 19.1 Å². The van der Waals surface area contributed by atoms with Gasteiger partial charge in [0.15, 0.2) is 0 Å². The van der Waals surface area contributed by atoms with Crippen molar-refractivity contribution in [1.82, 2.24) is 4.90 Å². The van der Waals surface area contributed by atoms with Gasteiger partial charge in [-0.05, 0) is 31.8 Å². The van der Waals surface area contributed by atoms with Crippen LogP contribution < -0.4 is 0 Å². The Morgan fingerprint density at radius 2 is 2.41 bits per heavy atom. The number of β-lactam (4-membered cyclic amide) rings is 1. The monoisotopic (exact) mass is 307 g/mol. The molecule has 2 fully saturated rings. The number of ether oxygens (including phenoxy) is 2. The third kappa shape index (κ3) is 2.27. The van der Waals surface area contributed by atoms with Gasteiger partial charge in [-0.1, -0.05) is 12.7 Å². The second-order valence-electron chi connectivity index (χ2n) is 6.01. The number of rotatable bonds is 5. The van der Waals surface area contributed by atoms with E-state index in [1.165, 1.54) is 11.0 Å². The number of nitrogens with zero attached hydrogens (tertiary/aromatic N) is 1. The van der Waals surface area contributed by atoms with Crippen molar-refractivity contribution in [1.29, 1.82) is 0 Å². The maximum Gasteiger partial charge on any atom is 0.355 e. The van der Waals surface area contributed by atoms with Gasteiger partial charge in [-0.25, -0.2) is 4.79 Å². The second-order valence-corrected chi connectivity index (χ2v) is 6.01. The highest BCUT2D eigenvalue weighted by molar-refractivity contribution is 6.00. The van der Waals surface area contributed by atoms with Crippen molar-refractivity contribution in [2.24, 2.45) is 5.92 Å². The Labute approximate surface area is 129 Å². The molecule has 0 aromatic rings. The molecular weight excluding hydrogens is 286 g/mol. The summed E-state index contributed by atoms with van der Waals surface area (Å²) < 4.78 is 10.8. The zero-order valence-electron chi connectivity index (χ0n) is 12.7. The number of esters is 1. The van der Waals surface area contributed by atoms with Gasteiger partial charge in [0, 0.05) is 6.61 Å². The average molecular weight is 307 g/mol. The van der Waals surface area contributed by atoms with E-state index in [9.17, 15) is 14.7 Å². The summed E-state index contributed by atoms with van der Waals surface area (Å²) >= 11 is 0. The predicted molar refractivity (Wildman–Crippen MR) is 77.6 cm³/mol. The Morgan fingerprint density at radius 1 is 1.64 bits per heavy atom. The fourth-order valence-corrected chi connectivity index (χ4v) is 3.63. The summed E-state index contributed by atoms with van der Waals surface area (Å²) in [6.07, 6.45) is 3.02. The van der Waals surface area contributed by atoms with E-state index >= 15 is 0 Å². The number of amides is 1. The molecule has 0 radical (unpaired) electrons. The van der Waals surface area contributed by atoms with Gasteiger partial charge in [0.2, 0.25) is 5.91 Å². The lowest BCUT2D eigenvalue weighted by molar-refractivity contribution is -0.162. The summed E-state index contributed by atoms with van der Waals surface area (Å²) in [5.41, 5.74) is 1.16. The largest absolute Gasteiger partial charge is 0.457 e. The first-order valence-electron chi connectivity index (χ1n) is 7.70. The van der Waals surface area contributed by atoms with Crippen LogP contribution in [0.3, 0.4) is 0 Å². The lowest BCUT2D eigenvalue weighted by Gasteiger charge is -2.44. The molecule has 3 heterocycles. The minimum Gasteiger partial charge on any atom is -0.457 e. The Morgan fingerprint density at radius 3 is 3.00 bits per heavy atom. The average Bonchev–Trinajstić information content (AvgIpc) is 3.09. The van der Waals surface area contributed by atoms with E-state index < -0.39 is 18.0 Å². The van der Waals surface area contributed by atoms with Crippen LogP contribution in [0.2, 0.25) is 0 Å². The van der Waals surface area contributed by atoms with Crippen molar-refractivity contribution in [3.05, 3.63) is 23.9 Å². The Bertz CT molecular complexity index is 533. The van der Waals surface area contributed by atoms with Crippen LogP contribution in [0, 0.1) is 5.92 Å². The van der Waals surface area contributed by atoms with Gasteiger partial charge in [-0.15, -0.1) is 0 Å². The van der Waals surface area contributed by atoms with Crippen LogP contribution in [0.25, 0.3) is 0 Å². The summed E-state index contributed by atoms with van der Waals surface area (Å²) in [5.74, 6) is -1.16. The summed E-state index contributed by atoms with van der Waals surface area (Å²) in [6, 6.07) is -0.155. The molecule has 0 aromatic carbocycles. The van der Waals surface area contributed by atoms with Gasteiger partial charge >= 0.3 is 5.97 Å². The molecule has 120 valence electrons. The molecule has 3 aliphatic rings. The number of aliphatic hydroxyl groups is 1. The first-order chi connectivity index (χ1) is 10.6. The van der Waals surface area contributed by atoms with E-state index in [-0.39, 0.29) is 24.7 Å². The zero-order valence-corrected chi connectivity index (χ0v) is 12.7. The lowest BCUT2D eigenvalue weighted by atomic mass is 9.82. The number of hydrogen-bond acceptors (Lipinski definition) is 5. The van der Waals surface area contributed by atoms with E-state index in [1.807, 2.05) is 0 Å². The fourth-order valence-electron chi connectivity index (χ4n) is 3.63. The Kier molecular flexibility index (Phi) is 4.06. The minimum absolute atomic E-state index is 0.105. The maximum absolute atomic E-state index is 12.3. The quantitative estimate of drug-likeness (QED) is 0.461. The molecule has 0 saturated carbocycles. The van der Waals surface area contributed by atoms with E-state index in [0.717, 1.165) is 18.4 Å². The first-order valence-corrected chi connectivity index (χ1v) is 7.70. The van der Waals surface area contributed by atoms with E-state index in [1.54, 1.807) is 6.92 Å². The Balaban J connectivity index is 1.88. The van der Waals surface area contributed by atoms with E-state index in [0.29, 0.717) is 18.7 Å². The van der Waals surface area contributed by atoms with Gasteiger partial charge in [0.05, 0.1) is 24.2 Å². The number of carbonyl (C=O) groups excluding carboxylic acids is 2. The number of fused-ring (bicyclic) bond motifs is 1. The van der Waals surface area contributed by atoms with Gasteiger partial charge in [0.25, 0.3) is 0 Å². The van der Waals surface area contributed by atoms with Crippen molar-refractivity contribution in [2.45, 2.75) is 44.4 Å². The van der Waals surface area contributed by atoms with Crippen molar-refractivity contribution in [3.8, 4) is 0 Å². The van der Waals surface area contributed by atoms with Crippen molar-refractivity contribution in [2.75, 3.05) is 13.2 Å². The predicted octanol–water partition coefficient (Wildman–Crippen LogP) is 0.760. The third-order valence-electron chi connectivity index (χ3n) is 4.61. The molecule has 3 rings (SSSR count). The normalized spacial score (nSPS) is 31.8. The smallest absolute Gasteiger partial charge is 0.355 e. The molecule has 0 aliphatic carbocycles. The first kappa shape index (κ1) is 15.2. The van der Waals surface area contributed by atoms with E-state index in [2.05, 4.69) is 6.58 Å². The van der Waals surface area contributed by atoms with Gasteiger partial charge in [0.1, 0.15) is 12.3 Å². The van der Waals surface area contributed by atoms with Crippen molar-refractivity contribution >= 4 is 11.9 Å². The SMILES string of the molecule is C=CCOC(=O)C1=C([C@@H]2CCCO2)C[C@@H]2[C@@H]([C@@H](C)O)C(=O)N12. The molecule has 0 aromatic heterocycles. The lowest BCUT2D eigenvalue weighted by Crippen LogP contribution is -2.61. The van der Waals surface area contributed by atoms with Crippen molar-refractivity contribution in [3.63, 3.8) is 0 Å². The molecule has 4 atom stereocenters. The molecule has 22 heavy (non-hydrogen) atoms. The van der Waals surface area contributed by atoms with Crippen LogP contribution >= 0.6 is 0 Å². The zero-order chi connectivity index (χ0) is 15.9. The Hall–Kier alpha value is -1.66. The molecule has 1 amide bonds. The van der Waals surface area contributed by atoms with Crippen LogP contribution in [0.4, 0.5) is 0 Å².